The number of benzene rings is 1. The van der Waals surface area contributed by atoms with Gasteiger partial charge in [-0.25, -0.2) is 0 Å². The Morgan fingerprint density at radius 2 is 1.88 bits per heavy atom. The van der Waals surface area contributed by atoms with Gasteiger partial charge in [0.05, 0.1) is 10.6 Å². The quantitative estimate of drug-likeness (QED) is 0.749. The Morgan fingerprint density at radius 3 is 2.60 bits per heavy atom. The van der Waals surface area contributed by atoms with Crippen molar-refractivity contribution in [3.05, 3.63) is 28.3 Å². The van der Waals surface area contributed by atoms with Crippen molar-refractivity contribution < 1.29 is 14.4 Å². The molecule has 0 aromatic heterocycles. The van der Waals surface area contributed by atoms with Crippen LogP contribution in [0.1, 0.15) is 28.8 Å². The molecule has 4 rings (SSSR count). The summed E-state index contributed by atoms with van der Waals surface area (Å²) in [6.45, 7) is 3.95. The third kappa shape index (κ3) is 2.87. The topological polar surface area (TPSA) is 81.8 Å². The van der Waals surface area contributed by atoms with E-state index in [2.05, 4.69) is 15.5 Å². The Morgan fingerprint density at radius 1 is 1.12 bits per heavy atom. The molecule has 1 atom stereocenters. The molecule has 3 heterocycles. The number of nitrogens with one attached hydrogen (secondary N) is 2. The lowest BCUT2D eigenvalue weighted by Crippen LogP contribution is -2.52. The van der Waals surface area contributed by atoms with Crippen molar-refractivity contribution >= 4 is 35.0 Å². The monoisotopic (exact) mass is 362 g/mol. The zero-order valence-electron chi connectivity index (χ0n) is 13.7. The van der Waals surface area contributed by atoms with E-state index < -0.39 is 11.9 Å². The minimum atomic E-state index is -0.615. The molecule has 0 radical (unpaired) electrons. The van der Waals surface area contributed by atoms with E-state index in [4.69, 9.17) is 11.6 Å². The Bertz CT molecular complexity index is 761. The first-order valence-electron chi connectivity index (χ1n) is 8.47. The molecule has 2 N–H and O–H groups in total. The predicted molar refractivity (Wildman–Crippen MR) is 92.6 cm³/mol. The SMILES string of the molecule is O=C1CC[C@@H](N2Cc3cc(N4CCNCC4)cc(Cl)c3C2=O)C(=O)N1. The van der Waals surface area contributed by atoms with Gasteiger partial charge in [-0.05, 0) is 24.1 Å². The fourth-order valence-electron chi connectivity index (χ4n) is 3.75. The maximum atomic E-state index is 12.8. The Hall–Kier alpha value is -2.12. The molecule has 8 heteroatoms. The molecule has 0 saturated carbocycles. The highest BCUT2D eigenvalue weighted by Crippen LogP contribution is 2.35. The Balaban J connectivity index is 1.61. The first-order valence-corrected chi connectivity index (χ1v) is 8.85. The van der Waals surface area contributed by atoms with Crippen LogP contribution in [0, 0.1) is 0 Å². The third-order valence-corrected chi connectivity index (χ3v) is 5.34. The van der Waals surface area contributed by atoms with Gasteiger partial charge in [0.2, 0.25) is 11.8 Å². The van der Waals surface area contributed by atoms with Crippen LogP contribution in [0.2, 0.25) is 5.02 Å². The smallest absolute Gasteiger partial charge is 0.256 e. The van der Waals surface area contributed by atoms with E-state index in [1.165, 1.54) is 4.90 Å². The van der Waals surface area contributed by atoms with Gasteiger partial charge in [0.25, 0.3) is 5.91 Å². The molecule has 3 aliphatic heterocycles. The van der Waals surface area contributed by atoms with E-state index in [0.717, 1.165) is 37.4 Å². The van der Waals surface area contributed by atoms with Crippen molar-refractivity contribution in [2.24, 2.45) is 0 Å². The number of piperidine rings is 1. The summed E-state index contributed by atoms with van der Waals surface area (Å²) in [6.07, 6.45) is 0.600. The Labute approximate surface area is 150 Å². The van der Waals surface area contributed by atoms with Gasteiger partial charge in [-0.3, -0.25) is 19.7 Å². The third-order valence-electron chi connectivity index (χ3n) is 5.04. The van der Waals surface area contributed by atoms with E-state index in [1.807, 2.05) is 12.1 Å². The van der Waals surface area contributed by atoms with Crippen LogP contribution in [-0.2, 0) is 16.1 Å². The summed E-state index contributed by atoms with van der Waals surface area (Å²) in [5.41, 5.74) is 2.32. The highest BCUT2D eigenvalue weighted by atomic mass is 35.5. The molecule has 7 nitrogen and oxygen atoms in total. The predicted octanol–water partition coefficient (Wildman–Crippen LogP) is 0.511. The van der Waals surface area contributed by atoms with Gasteiger partial charge in [0.1, 0.15) is 6.04 Å². The number of carbonyl (C=O) groups is 3. The molecule has 3 aliphatic rings. The largest absolute Gasteiger partial charge is 0.369 e. The van der Waals surface area contributed by atoms with Crippen molar-refractivity contribution in [1.82, 2.24) is 15.5 Å². The molecule has 0 spiro atoms. The number of halogens is 1. The van der Waals surface area contributed by atoms with Crippen molar-refractivity contribution in [3.63, 3.8) is 0 Å². The highest BCUT2D eigenvalue weighted by molar-refractivity contribution is 6.34. The van der Waals surface area contributed by atoms with Crippen molar-refractivity contribution in [1.29, 1.82) is 0 Å². The van der Waals surface area contributed by atoms with Gasteiger partial charge in [0.15, 0.2) is 0 Å². The summed E-state index contributed by atoms with van der Waals surface area (Å²) in [5.74, 6) is -0.929. The molecule has 2 fully saturated rings. The average Bonchev–Trinajstić information content (AvgIpc) is 2.93. The van der Waals surface area contributed by atoms with Crippen molar-refractivity contribution in [2.75, 3.05) is 31.1 Å². The summed E-state index contributed by atoms with van der Waals surface area (Å²) in [4.78, 5) is 40.0. The van der Waals surface area contributed by atoms with Crippen LogP contribution < -0.4 is 15.5 Å². The number of amides is 3. The second-order valence-corrected chi connectivity index (χ2v) is 7.01. The maximum Gasteiger partial charge on any atom is 0.256 e. The second-order valence-electron chi connectivity index (χ2n) is 6.60. The lowest BCUT2D eigenvalue weighted by atomic mass is 10.0. The first kappa shape index (κ1) is 16.4. The molecule has 0 bridgehead atoms. The number of piperazine rings is 1. The van der Waals surface area contributed by atoms with Crippen LogP contribution in [-0.4, -0.2) is 54.8 Å². The number of hydrogen-bond donors (Lipinski definition) is 2. The van der Waals surface area contributed by atoms with Gasteiger partial charge < -0.3 is 15.1 Å². The number of carbonyl (C=O) groups excluding carboxylic acids is 3. The molecule has 2 saturated heterocycles. The maximum absolute atomic E-state index is 12.8. The summed E-state index contributed by atoms with van der Waals surface area (Å²) >= 11 is 6.41. The minimum absolute atomic E-state index is 0.235. The van der Waals surface area contributed by atoms with Crippen LogP contribution >= 0.6 is 11.6 Å². The van der Waals surface area contributed by atoms with Gasteiger partial charge in [0, 0.05) is 44.8 Å². The summed E-state index contributed by atoms with van der Waals surface area (Å²) in [6, 6.07) is 3.21. The number of rotatable bonds is 2. The molecule has 3 amide bonds. The molecule has 0 unspecified atom stereocenters. The molecule has 1 aromatic rings. The Kier molecular flexibility index (Phi) is 4.13. The first-order chi connectivity index (χ1) is 12.0. The fourth-order valence-corrected chi connectivity index (χ4v) is 4.06. The summed E-state index contributed by atoms with van der Waals surface area (Å²) in [5, 5.41) is 6.04. The zero-order chi connectivity index (χ0) is 17.6. The molecule has 132 valence electrons. The molecule has 1 aromatic carbocycles. The minimum Gasteiger partial charge on any atom is -0.369 e. The number of nitrogens with zero attached hydrogens (tertiary/aromatic N) is 2. The van der Waals surface area contributed by atoms with Crippen molar-refractivity contribution in [3.8, 4) is 0 Å². The fraction of sp³-hybridized carbons (Fsp3) is 0.471. The van der Waals surface area contributed by atoms with Crippen LogP contribution in [0.5, 0.6) is 0 Å². The van der Waals surface area contributed by atoms with Crippen LogP contribution in [0.4, 0.5) is 5.69 Å². The average molecular weight is 363 g/mol. The van der Waals surface area contributed by atoms with Gasteiger partial charge in [-0.15, -0.1) is 0 Å². The summed E-state index contributed by atoms with van der Waals surface area (Å²) in [7, 11) is 0. The highest BCUT2D eigenvalue weighted by Gasteiger charge is 2.40. The second kappa shape index (κ2) is 6.31. The van der Waals surface area contributed by atoms with Crippen LogP contribution in [0.25, 0.3) is 0 Å². The number of fused-ring (bicyclic) bond motifs is 1. The number of imide groups is 1. The standard InChI is InChI=1S/C17H19ClN4O3/c18-12-8-11(21-5-3-19-4-6-21)7-10-9-22(17(25)15(10)12)13-1-2-14(23)20-16(13)24/h7-8,13,19H,1-6,9H2,(H,20,23,24)/t13-/m1/s1. The van der Waals surface area contributed by atoms with Crippen LogP contribution in [0.15, 0.2) is 12.1 Å². The molecule has 25 heavy (non-hydrogen) atoms. The lowest BCUT2D eigenvalue weighted by Gasteiger charge is -2.30. The number of hydrogen-bond acceptors (Lipinski definition) is 5. The number of anilines is 1. The summed E-state index contributed by atoms with van der Waals surface area (Å²) < 4.78 is 0. The zero-order valence-corrected chi connectivity index (χ0v) is 14.4. The van der Waals surface area contributed by atoms with E-state index in [0.29, 0.717) is 23.6 Å². The van der Waals surface area contributed by atoms with Gasteiger partial charge >= 0.3 is 0 Å². The normalized spacial score (nSPS) is 23.7. The van der Waals surface area contributed by atoms with Gasteiger partial charge in [-0.1, -0.05) is 11.6 Å². The van der Waals surface area contributed by atoms with E-state index in [9.17, 15) is 14.4 Å². The van der Waals surface area contributed by atoms with Crippen molar-refractivity contribution in [2.45, 2.75) is 25.4 Å². The van der Waals surface area contributed by atoms with E-state index >= 15 is 0 Å². The van der Waals surface area contributed by atoms with Gasteiger partial charge in [-0.2, -0.15) is 0 Å². The van der Waals surface area contributed by atoms with E-state index in [-0.39, 0.29) is 18.2 Å². The van der Waals surface area contributed by atoms with E-state index in [1.54, 1.807) is 0 Å². The van der Waals surface area contributed by atoms with Crippen LogP contribution in [0.3, 0.4) is 0 Å². The molecule has 0 aliphatic carbocycles. The lowest BCUT2D eigenvalue weighted by molar-refractivity contribution is -0.136. The molecular formula is C17H19ClN4O3. The molecular weight excluding hydrogens is 344 g/mol.